The Hall–Kier alpha value is -2.95. The van der Waals surface area contributed by atoms with Gasteiger partial charge >= 0.3 is 12.5 Å². The summed E-state index contributed by atoms with van der Waals surface area (Å²) in [5.74, 6) is -0.406. The highest BCUT2D eigenvalue weighted by atomic mass is 19.3. The average molecular weight is 390 g/mol. The maximum Gasteiger partial charge on any atom is 0.349 e. The number of imidazole rings is 1. The van der Waals surface area contributed by atoms with Crippen LogP contribution in [-0.4, -0.2) is 20.1 Å². The Morgan fingerprint density at radius 2 is 2.11 bits per heavy atom. The van der Waals surface area contributed by atoms with Crippen LogP contribution in [0.1, 0.15) is 49.6 Å². The van der Waals surface area contributed by atoms with Crippen LogP contribution in [0.3, 0.4) is 0 Å². The molecule has 0 aliphatic heterocycles. The van der Waals surface area contributed by atoms with Crippen LogP contribution in [0.25, 0.3) is 6.08 Å². The normalized spacial score (nSPS) is 11.9. The van der Waals surface area contributed by atoms with E-state index >= 15 is 0 Å². The molecule has 0 amide bonds. The minimum atomic E-state index is -2.78. The highest BCUT2D eigenvalue weighted by Gasteiger charge is 2.17. The van der Waals surface area contributed by atoms with E-state index in [0.717, 1.165) is 36.1 Å². The lowest BCUT2D eigenvalue weighted by molar-refractivity contribution is -0.140. The zero-order valence-electron chi connectivity index (χ0n) is 16.4. The molecule has 8 heteroatoms. The number of esters is 1. The van der Waals surface area contributed by atoms with Crippen molar-refractivity contribution in [2.45, 2.75) is 53.8 Å². The quantitative estimate of drug-likeness (QED) is 0.381. The predicted octanol–water partition coefficient (Wildman–Crippen LogP) is 4.39. The molecule has 0 saturated carbocycles. The van der Waals surface area contributed by atoms with Crippen molar-refractivity contribution in [1.29, 1.82) is 5.26 Å². The topological polar surface area (TPSA) is 72.8 Å². The number of carbonyl (C=O) groups is 1. The van der Waals surface area contributed by atoms with Gasteiger partial charge in [-0.05, 0) is 43.9 Å². The van der Waals surface area contributed by atoms with Crippen LogP contribution in [0.4, 0.5) is 8.78 Å². The molecule has 0 aromatic carbocycles. The molecule has 2 heterocycles. The number of hydrogen-bond acceptors (Lipinski definition) is 4. The van der Waals surface area contributed by atoms with Crippen molar-refractivity contribution in [2.75, 3.05) is 0 Å². The van der Waals surface area contributed by atoms with Gasteiger partial charge in [0.15, 0.2) is 5.82 Å². The van der Waals surface area contributed by atoms with Crippen LogP contribution < -0.4 is 0 Å². The lowest BCUT2D eigenvalue weighted by Crippen LogP contribution is -2.11. The number of nitriles is 1. The minimum Gasteiger partial charge on any atom is -0.453 e. The first-order chi connectivity index (χ1) is 13.2. The molecule has 0 bridgehead atoms. The van der Waals surface area contributed by atoms with Crippen molar-refractivity contribution in [3.8, 4) is 6.07 Å². The van der Waals surface area contributed by atoms with E-state index in [4.69, 9.17) is 4.74 Å². The van der Waals surface area contributed by atoms with Crippen LogP contribution in [0.2, 0.25) is 0 Å². The number of aromatic nitrogens is 3. The van der Waals surface area contributed by atoms with Gasteiger partial charge in [0, 0.05) is 30.3 Å². The summed E-state index contributed by atoms with van der Waals surface area (Å²) in [5.41, 5.74) is 2.55. The van der Waals surface area contributed by atoms with Gasteiger partial charge in [0.25, 0.3) is 0 Å². The van der Waals surface area contributed by atoms with Crippen LogP contribution in [-0.2, 0) is 22.7 Å². The molecule has 0 N–H and O–H groups in total. The molecule has 2 aromatic heterocycles. The molecule has 0 radical (unpaired) electrons. The zero-order chi connectivity index (χ0) is 20.8. The summed E-state index contributed by atoms with van der Waals surface area (Å²) in [6.07, 6.45) is 4.78. The molecule has 0 aliphatic rings. The van der Waals surface area contributed by atoms with Gasteiger partial charge in [0.1, 0.15) is 18.2 Å². The summed E-state index contributed by atoms with van der Waals surface area (Å²) in [7, 11) is 0. The van der Waals surface area contributed by atoms with Gasteiger partial charge in [-0.1, -0.05) is 13.8 Å². The van der Waals surface area contributed by atoms with Crippen molar-refractivity contribution in [1.82, 2.24) is 14.1 Å². The van der Waals surface area contributed by atoms with E-state index in [1.807, 2.05) is 26.0 Å². The number of ether oxygens (including phenoxy) is 1. The van der Waals surface area contributed by atoms with Crippen LogP contribution in [0, 0.1) is 31.1 Å². The fraction of sp³-hybridized carbons (Fsp3) is 0.450. The van der Waals surface area contributed by atoms with Crippen LogP contribution >= 0.6 is 0 Å². The summed E-state index contributed by atoms with van der Waals surface area (Å²) >= 11 is 0. The fourth-order valence-corrected chi connectivity index (χ4v) is 2.84. The average Bonchev–Trinajstić information content (AvgIpc) is 3.20. The van der Waals surface area contributed by atoms with Crippen molar-refractivity contribution >= 4 is 12.0 Å². The molecule has 2 aromatic rings. The SMILES string of the molecule is Cc1cc(C=C(C#N)C(=O)OCc2nccn2C(F)F)c(C)n1CCC(C)C. The molecule has 0 aliphatic carbocycles. The summed E-state index contributed by atoms with van der Waals surface area (Å²) < 4.78 is 33.4. The summed E-state index contributed by atoms with van der Waals surface area (Å²) in [5, 5.41) is 9.33. The molecule has 0 atom stereocenters. The molecule has 6 nitrogen and oxygen atoms in total. The van der Waals surface area contributed by atoms with Gasteiger partial charge in [-0.15, -0.1) is 0 Å². The Morgan fingerprint density at radius 3 is 2.71 bits per heavy atom. The standard InChI is InChI=1S/C20H24F2N4O2/c1-13(2)5-7-25-14(3)9-16(15(25)4)10-17(11-23)19(27)28-12-18-24-6-8-26(18)20(21)22/h6,8-10,13,20H,5,7,12H2,1-4H3. The molecular formula is C20H24F2N4O2. The molecule has 0 unspecified atom stereocenters. The monoisotopic (exact) mass is 390 g/mol. The second-order valence-electron chi connectivity index (χ2n) is 6.93. The molecular weight excluding hydrogens is 366 g/mol. The van der Waals surface area contributed by atoms with Crippen molar-refractivity contribution in [3.63, 3.8) is 0 Å². The molecule has 28 heavy (non-hydrogen) atoms. The third kappa shape index (κ3) is 5.06. The van der Waals surface area contributed by atoms with Crippen LogP contribution in [0.15, 0.2) is 24.0 Å². The highest BCUT2D eigenvalue weighted by molar-refractivity contribution is 5.98. The Kier molecular flexibility index (Phi) is 7.10. The number of aryl methyl sites for hydroxylation is 1. The van der Waals surface area contributed by atoms with E-state index in [1.54, 1.807) is 0 Å². The summed E-state index contributed by atoms with van der Waals surface area (Å²) in [4.78, 5) is 16.0. The first-order valence-corrected chi connectivity index (χ1v) is 9.00. The van der Waals surface area contributed by atoms with Gasteiger partial charge in [-0.3, -0.25) is 4.57 Å². The highest BCUT2D eigenvalue weighted by Crippen LogP contribution is 2.20. The van der Waals surface area contributed by atoms with Gasteiger partial charge < -0.3 is 9.30 Å². The third-order valence-corrected chi connectivity index (χ3v) is 4.47. The van der Waals surface area contributed by atoms with E-state index in [-0.39, 0.29) is 11.4 Å². The first-order valence-electron chi connectivity index (χ1n) is 9.00. The number of hydrogen-bond donors (Lipinski definition) is 0. The van der Waals surface area contributed by atoms with E-state index in [2.05, 4.69) is 23.4 Å². The first kappa shape index (κ1) is 21.4. The third-order valence-electron chi connectivity index (χ3n) is 4.47. The lowest BCUT2D eigenvalue weighted by Gasteiger charge is -2.11. The lowest BCUT2D eigenvalue weighted by atomic mass is 10.1. The zero-order valence-corrected chi connectivity index (χ0v) is 16.4. The van der Waals surface area contributed by atoms with Gasteiger partial charge in [-0.2, -0.15) is 14.0 Å². The summed E-state index contributed by atoms with van der Waals surface area (Å²) in [6, 6.07) is 3.73. The number of alkyl halides is 2. The van der Waals surface area contributed by atoms with Crippen molar-refractivity contribution in [2.24, 2.45) is 5.92 Å². The Bertz CT molecular complexity index is 904. The number of rotatable bonds is 8. The number of halogens is 2. The van der Waals surface area contributed by atoms with E-state index < -0.39 is 19.1 Å². The van der Waals surface area contributed by atoms with Crippen molar-refractivity contribution in [3.05, 3.63) is 46.8 Å². The molecule has 150 valence electrons. The molecule has 0 fully saturated rings. The Balaban J connectivity index is 2.15. The van der Waals surface area contributed by atoms with Crippen molar-refractivity contribution < 1.29 is 18.3 Å². The molecule has 2 rings (SSSR count). The van der Waals surface area contributed by atoms with E-state index in [0.29, 0.717) is 10.5 Å². The maximum absolute atomic E-state index is 12.8. The predicted molar refractivity (Wildman–Crippen MR) is 100 cm³/mol. The van der Waals surface area contributed by atoms with Gasteiger partial charge in [-0.25, -0.2) is 9.78 Å². The Morgan fingerprint density at radius 1 is 1.39 bits per heavy atom. The fourth-order valence-electron chi connectivity index (χ4n) is 2.84. The van der Waals surface area contributed by atoms with E-state index in [1.165, 1.54) is 12.3 Å². The number of carbonyl (C=O) groups excluding carboxylic acids is 1. The molecule has 0 saturated heterocycles. The Labute approximate surface area is 163 Å². The van der Waals surface area contributed by atoms with Crippen LogP contribution in [0.5, 0.6) is 0 Å². The number of nitrogens with zero attached hydrogens (tertiary/aromatic N) is 4. The minimum absolute atomic E-state index is 0.0903. The largest absolute Gasteiger partial charge is 0.453 e. The van der Waals surface area contributed by atoms with E-state index in [9.17, 15) is 18.8 Å². The van der Waals surface area contributed by atoms with Gasteiger partial charge in [0.05, 0.1) is 0 Å². The maximum atomic E-state index is 12.8. The smallest absolute Gasteiger partial charge is 0.349 e. The second kappa shape index (κ2) is 9.31. The molecule has 0 spiro atoms. The summed E-state index contributed by atoms with van der Waals surface area (Å²) in [6.45, 7) is 5.83. The second-order valence-corrected chi connectivity index (χ2v) is 6.93. The van der Waals surface area contributed by atoms with Gasteiger partial charge in [0.2, 0.25) is 0 Å².